The fourth-order valence-corrected chi connectivity index (χ4v) is 3.96. The minimum Gasteiger partial charge on any atom is -0.450 e. The first-order valence-electron chi connectivity index (χ1n) is 11.4. The Hall–Kier alpha value is -1.26. The second kappa shape index (κ2) is 13.3. The van der Waals surface area contributed by atoms with Crippen LogP contribution in [0.5, 0.6) is 0 Å². The number of nitrogens with one attached hydrogen (secondary N) is 2. The van der Waals surface area contributed by atoms with Crippen molar-refractivity contribution >= 4 is 41.9 Å². The van der Waals surface area contributed by atoms with Gasteiger partial charge in [-0.2, -0.15) is 0 Å². The molecule has 1 aliphatic carbocycles. The molecule has 31 heavy (non-hydrogen) atoms. The summed E-state index contributed by atoms with van der Waals surface area (Å²) in [7, 11) is 3.49. The summed E-state index contributed by atoms with van der Waals surface area (Å²) in [5, 5.41) is 6.96. The summed E-state index contributed by atoms with van der Waals surface area (Å²) in [5.41, 5.74) is 0.455. The zero-order valence-corrected chi connectivity index (χ0v) is 22.2. The zero-order chi connectivity index (χ0) is 22.1. The first kappa shape index (κ1) is 27.8. The minimum absolute atomic E-state index is 0. The summed E-state index contributed by atoms with van der Waals surface area (Å²) in [6.07, 6.45) is 6.39. The SMILES string of the molecule is CCOC(=O)N1CCC(NC(=NCC(=O)N(C)C)NCC2CCC(C)(C)CC2)CC1.I. The number of piperidine rings is 1. The van der Waals surface area contributed by atoms with Crippen LogP contribution in [0.25, 0.3) is 0 Å². The molecule has 0 aromatic heterocycles. The highest BCUT2D eigenvalue weighted by Gasteiger charge is 2.27. The highest BCUT2D eigenvalue weighted by atomic mass is 127. The maximum atomic E-state index is 12.0. The molecule has 2 aliphatic rings. The molecule has 0 radical (unpaired) electrons. The summed E-state index contributed by atoms with van der Waals surface area (Å²) in [4.78, 5) is 31.7. The number of likely N-dealkylation sites (N-methyl/N-ethyl adjacent to an activating group) is 1. The van der Waals surface area contributed by atoms with Crippen LogP contribution in [0.2, 0.25) is 0 Å². The molecular weight excluding hydrogens is 509 g/mol. The van der Waals surface area contributed by atoms with Crippen LogP contribution in [0.3, 0.4) is 0 Å². The van der Waals surface area contributed by atoms with E-state index >= 15 is 0 Å². The molecule has 0 aromatic carbocycles. The number of ether oxygens (including phenoxy) is 1. The fourth-order valence-electron chi connectivity index (χ4n) is 3.96. The summed E-state index contributed by atoms with van der Waals surface area (Å²) in [6.45, 7) is 9.25. The van der Waals surface area contributed by atoms with Gasteiger partial charge in [-0.3, -0.25) is 4.79 Å². The number of hydrogen-bond acceptors (Lipinski definition) is 4. The largest absolute Gasteiger partial charge is 0.450 e. The highest BCUT2D eigenvalue weighted by Crippen LogP contribution is 2.37. The van der Waals surface area contributed by atoms with Gasteiger partial charge in [-0.15, -0.1) is 24.0 Å². The van der Waals surface area contributed by atoms with E-state index in [0.717, 1.165) is 19.4 Å². The van der Waals surface area contributed by atoms with Crippen molar-refractivity contribution in [2.24, 2.45) is 16.3 Å². The quantitative estimate of drug-likeness (QED) is 0.301. The average Bonchev–Trinajstić information content (AvgIpc) is 2.71. The van der Waals surface area contributed by atoms with Crippen LogP contribution >= 0.6 is 24.0 Å². The van der Waals surface area contributed by atoms with Gasteiger partial charge in [0.1, 0.15) is 6.54 Å². The molecule has 0 unspecified atom stereocenters. The third kappa shape index (κ3) is 9.82. The Bertz CT molecular complexity index is 594. The average molecular weight is 552 g/mol. The van der Waals surface area contributed by atoms with Gasteiger partial charge in [-0.25, -0.2) is 9.79 Å². The van der Waals surface area contributed by atoms with Gasteiger partial charge in [0.15, 0.2) is 5.96 Å². The number of likely N-dealkylation sites (tertiary alicyclic amines) is 1. The van der Waals surface area contributed by atoms with Crippen molar-refractivity contribution < 1.29 is 14.3 Å². The number of aliphatic imine (C=N–C) groups is 1. The second-order valence-electron chi connectivity index (χ2n) is 9.55. The Labute approximate surface area is 204 Å². The van der Waals surface area contributed by atoms with Crippen LogP contribution in [0.4, 0.5) is 4.79 Å². The van der Waals surface area contributed by atoms with Crippen molar-refractivity contribution in [2.45, 2.75) is 65.3 Å². The van der Waals surface area contributed by atoms with Crippen molar-refractivity contribution in [3.63, 3.8) is 0 Å². The van der Waals surface area contributed by atoms with Crippen LogP contribution in [0.1, 0.15) is 59.3 Å². The van der Waals surface area contributed by atoms with Gasteiger partial charge in [0.25, 0.3) is 0 Å². The number of hydrogen-bond donors (Lipinski definition) is 2. The van der Waals surface area contributed by atoms with E-state index in [9.17, 15) is 9.59 Å². The van der Waals surface area contributed by atoms with Crippen molar-refractivity contribution in [2.75, 3.05) is 46.9 Å². The minimum atomic E-state index is -0.236. The number of amides is 2. The third-order valence-electron chi connectivity index (χ3n) is 6.25. The van der Waals surface area contributed by atoms with Crippen molar-refractivity contribution in [1.29, 1.82) is 0 Å². The monoisotopic (exact) mass is 551 g/mol. The van der Waals surface area contributed by atoms with E-state index in [0.29, 0.717) is 37.0 Å². The summed E-state index contributed by atoms with van der Waals surface area (Å²) in [5.74, 6) is 1.32. The molecular formula is C22H42IN5O3. The van der Waals surface area contributed by atoms with Crippen LogP contribution < -0.4 is 10.6 Å². The molecule has 180 valence electrons. The van der Waals surface area contributed by atoms with E-state index in [1.54, 1.807) is 23.9 Å². The molecule has 1 saturated heterocycles. The van der Waals surface area contributed by atoms with Crippen molar-refractivity contribution in [3.8, 4) is 0 Å². The zero-order valence-electron chi connectivity index (χ0n) is 19.9. The standard InChI is InChI=1S/C22H41N5O3.HI/c1-6-30-21(29)27-13-9-18(10-14-27)25-20(24-16-19(28)26(4)5)23-15-17-7-11-22(2,3)12-8-17;/h17-18H,6-16H2,1-5H3,(H2,23,24,25);1H. The molecule has 2 rings (SSSR count). The first-order chi connectivity index (χ1) is 14.2. The lowest BCUT2D eigenvalue weighted by Crippen LogP contribution is -2.50. The van der Waals surface area contributed by atoms with E-state index in [2.05, 4.69) is 29.5 Å². The van der Waals surface area contributed by atoms with Crippen LogP contribution in [-0.4, -0.2) is 80.7 Å². The van der Waals surface area contributed by atoms with E-state index in [1.165, 1.54) is 25.7 Å². The summed E-state index contributed by atoms with van der Waals surface area (Å²) in [6, 6.07) is 0.224. The Morgan fingerprint density at radius 3 is 2.29 bits per heavy atom. The normalized spacial score (nSPS) is 19.9. The smallest absolute Gasteiger partial charge is 0.409 e. The summed E-state index contributed by atoms with van der Waals surface area (Å²) >= 11 is 0. The molecule has 1 aliphatic heterocycles. The molecule has 9 heteroatoms. The number of carbonyl (C=O) groups excluding carboxylic acids is 2. The molecule has 1 heterocycles. The fraction of sp³-hybridized carbons (Fsp3) is 0.864. The van der Waals surface area contributed by atoms with Gasteiger partial charge in [-0.1, -0.05) is 13.8 Å². The maximum Gasteiger partial charge on any atom is 0.409 e. The Morgan fingerprint density at radius 1 is 1.13 bits per heavy atom. The second-order valence-corrected chi connectivity index (χ2v) is 9.55. The predicted octanol–water partition coefficient (Wildman–Crippen LogP) is 3.07. The van der Waals surface area contributed by atoms with Gasteiger partial charge >= 0.3 is 6.09 Å². The van der Waals surface area contributed by atoms with Gasteiger partial charge in [0.2, 0.25) is 5.91 Å². The highest BCUT2D eigenvalue weighted by molar-refractivity contribution is 14.0. The molecule has 2 amide bonds. The topological polar surface area (TPSA) is 86.3 Å². The Balaban J connectivity index is 0.00000480. The number of guanidine groups is 1. The first-order valence-corrected chi connectivity index (χ1v) is 11.4. The molecule has 0 atom stereocenters. The molecule has 8 nitrogen and oxygen atoms in total. The lowest BCUT2D eigenvalue weighted by atomic mass is 9.73. The number of rotatable bonds is 6. The molecule has 2 fully saturated rings. The summed E-state index contributed by atoms with van der Waals surface area (Å²) < 4.78 is 5.09. The van der Waals surface area contributed by atoms with Crippen LogP contribution in [0.15, 0.2) is 4.99 Å². The number of carbonyl (C=O) groups is 2. The van der Waals surface area contributed by atoms with Crippen molar-refractivity contribution in [3.05, 3.63) is 0 Å². The lowest BCUT2D eigenvalue weighted by Gasteiger charge is -2.35. The maximum absolute atomic E-state index is 12.0. The number of nitrogens with zero attached hydrogens (tertiary/aromatic N) is 3. The van der Waals surface area contributed by atoms with Gasteiger partial charge in [0, 0.05) is 39.8 Å². The molecule has 2 N–H and O–H groups in total. The van der Waals surface area contributed by atoms with Crippen LogP contribution in [0, 0.1) is 11.3 Å². The Kier molecular flexibility index (Phi) is 11.9. The molecule has 0 spiro atoms. The van der Waals surface area contributed by atoms with Gasteiger partial charge in [0.05, 0.1) is 6.61 Å². The molecule has 1 saturated carbocycles. The van der Waals surface area contributed by atoms with Gasteiger partial charge in [-0.05, 0) is 56.8 Å². The molecule has 0 bridgehead atoms. The van der Waals surface area contributed by atoms with E-state index in [4.69, 9.17) is 4.74 Å². The number of halogens is 1. The molecule has 0 aromatic rings. The Morgan fingerprint density at radius 2 is 1.74 bits per heavy atom. The van der Waals surface area contributed by atoms with Crippen molar-refractivity contribution in [1.82, 2.24) is 20.4 Å². The van der Waals surface area contributed by atoms with Crippen LogP contribution in [-0.2, 0) is 9.53 Å². The third-order valence-corrected chi connectivity index (χ3v) is 6.25. The predicted molar refractivity (Wildman–Crippen MR) is 135 cm³/mol. The van der Waals surface area contributed by atoms with E-state index < -0.39 is 0 Å². The van der Waals surface area contributed by atoms with E-state index in [-0.39, 0.29) is 48.6 Å². The van der Waals surface area contributed by atoms with E-state index in [1.807, 2.05) is 6.92 Å². The lowest BCUT2D eigenvalue weighted by molar-refractivity contribution is -0.127. The van der Waals surface area contributed by atoms with Gasteiger partial charge < -0.3 is 25.2 Å².